The van der Waals surface area contributed by atoms with Crippen molar-refractivity contribution in [2.75, 3.05) is 6.54 Å². The number of amides is 1. The smallest absolute Gasteiger partial charge is 0.411 e. The van der Waals surface area contributed by atoms with E-state index < -0.39 is 23.8 Å². The summed E-state index contributed by atoms with van der Waals surface area (Å²) in [5.41, 5.74) is 0.148. The lowest BCUT2D eigenvalue weighted by Crippen LogP contribution is -2.49. The molecule has 1 fully saturated rings. The van der Waals surface area contributed by atoms with Gasteiger partial charge in [0.2, 0.25) is 6.04 Å². The molecule has 22 heavy (non-hydrogen) atoms. The molecule has 0 spiro atoms. The van der Waals surface area contributed by atoms with E-state index in [-0.39, 0.29) is 4.92 Å². The highest BCUT2D eigenvalue weighted by Crippen LogP contribution is 2.34. The Morgan fingerprint density at radius 2 is 1.95 bits per heavy atom. The number of hydrogen-bond acceptors (Lipinski definition) is 4. The lowest BCUT2D eigenvalue weighted by atomic mass is 9.91. The van der Waals surface area contributed by atoms with Gasteiger partial charge in [0.05, 0.1) is 0 Å². The zero-order valence-electron chi connectivity index (χ0n) is 13.2. The van der Waals surface area contributed by atoms with Crippen LogP contribution in [-0.4, -0.2) is 34.1 Å². The molecule has 1 heterocycles. The van der Waals surface area contributed by atoms with Crippen LogP contribution in [0.2, 0.25) is 0 Å². The van der Waals surface area contributed by atoms with Gasteiger partial charge >= 0.3 is 6.09 Å². The fourth-order valence-electron chi connectivity index (χ4n) is 2.77. The molecule has 1 saturated heterocycles. The number of carbonyl (C=O) groups is 1. The van der Waals surface area contributed by atoms with Gasteiger partial charge in [0.25, 0.3) is 0 Å². The minimum atomic E-state index is -0.802. The summed E-state index contributed by atoms with van der Waals surface area (Å²) in [6.07, 6.45) is 0.577. The van der Waals surface area contributed by atoms with Gasteiger partial charge in [0.15, 0.2) is 0 Å². The number of carbonyl (C=O) groups excluding carboxylic acids is 1. The summed E-state index contributed by atoms with van der Waals surface area (Å²) in [5.74, 6) is 0. The molecule has 0 bridgehead atoms. The molecule has 0 aromatic heterocycles. The molecule has 1 aromatic rings. The van der Waals surface area contributed by atoms with E-state index in [4.69, 9.17) is 4.74 Å². The zero-order valence-corrected chi connectivity index (χ0v) is 13.2. The Bertz CT molecular complexity index is 539. The van der Waals surface area contributed by atoms with Crippen molar-refractivity contribution in [3.8, 4) is 0 Å². The van der Waals surface area contributed by atoms with Crippen LogP contribution < -0.4 is 0 Å². The second-order valence-corrected chi connectivity index (χ2v) is 6.52. The molecular weight excluding hydrogens is 284 g/mol. The lowest BCUT2D eigenvalue weighted by molar-refractivity contribution is -0.534. The van der Waals surface area contributed by atoms with E-state index in [1.54, 1.807) is 20.8 Å². The van der Waals surface area contributed by atoms with E-state index in [9.17, 15) is 14.9 Å². The predicted octanol–water partition coefficient (Wildman–Crippen LogP) is 3.40. The third-order valence-electron chi connectivity index (χ3n) is 3.64. The number of rotatable bonds is 2. The fraction of sp³-hybridized carbons (Fsp3) is 0.562. The zero-order chi connectivity index (χ0) is 16.3. The normalized spacial score (nSPS) is 22.2. The van der Waals surface area contributed by atoms with Crippen LogP contribution in [0.3, 0.4) is 0 Å². The van der Waals surface area contributed by atoms with E-state index in [1.165, 1.54) is 4.90 Å². The highest BCUT2D eigenvalue weighted by Gasteiger charge is 2.43. The molecule has 0 unspecified atom stereocenters. The first-order valence-electron chi connectivity index (χ1n) is 7.47. The lowest BCUT2D eigenvalue weighted by Gasteiger charge is -2.38. The number of hydrogen-bond donors (Lipinski definition) is 0. The second-order valence-electron chi connectivity index (χ2n) is 6.52. The van der Waals surface area contributed by atoms with Gasteiger partial charge in [-0.1, -0.05) is 30.3 Å². The van der Waals surface area contributed by atoms with Crippen LogP contribution in [0, 0.1) is 10.1 Å². The van der Waals surface area contributed by atoms with Crippen molar-refractivity contribution in [3.05, 3.63) is 46.0 Å². The van der Waals surface area contributed by atoms with Crippen molar-refractivity contribution in [2.45, 2.75) is 51.3 Å². The molecule has 1 aliphatic rings. The Hall–Kier alpha value is -2.11. The number of ether oxygens (including phenoxy) is 1. The van der Waals surface area contributed by atoms with E-state index in [0.29, 0.717) is 19.4 Å². The van der Waals surface area contributed by atoms with Crippen molar-refractivity contribution in [1.29, 1.82) is 0 Å². The number of benzene rings is 1. The maximum Gasteiger partial charge on any atom is 0.411 e. The van der Waals surface area contributed by atoms with Crippen LogP contribution in [0.5, 0.6) is 0 Å². The summed E-state index contributed by atoms with van der Waals surface area (Å²) < 4.78 is 5.42. The van der Waals surface area contributed by atoms with Crippen molar-refractivity contribution < 1.29 is 14.5 Å². The molecule has 2 atom stereocenters. The summed E-state index contributed by atoms with van der Waals surface area (Å²) in [7, 11) is 0. The standard InChI is InChI=1S/C16H22N2O4/c1-16(2,3)22-15(19)17-11-7-10-13(18(20)21)14(17)12-8-5-4-6-9-12/h4-6,8-9,13-14H,7,10-11H2,1-3H3/t13-,14+/m0/s1. The van der Waals surface area contributed by atoms with Gasteiger partial charge in [0, 0.05) is 17.9 Å². The number of nitro groups is 1. The van der Waals surface area contributed by atoms with Crippen LogP contribution >= 0.6 is 0 Å². The van der Waals surface area contributed by atoms with Gasteiger partial charge in [0.1, 0.15) is 11.6 Å². The van der Waals surface area contributed by atoms with Crippen molar-refractivity contribution in [2.24, 2.45) is 0 Å². The Balaban J connectivity index is 2.33. The first-order valence-corrected chi connectivity index (χ1v) is 7.47. The highest BCUT2D eigenvalue weighted by molar-refractivity contribution is 5.69. The van der Waals surface area contributed by atoms with Gasteiger partial charge in [-0.25, -0.2) is 4.79 Å². The molecule has 1 aromatic carbocycles. The minimum Gasteiger partial charge on any atom is -0.444 e. The Labute approximate surface area is 130 Å². The molecular formula is C16H22N2O4. The molecule has 0 N–H and O–H groups in total. The molecule has 0 saturated carbocycles. The Kier molecular flexibility index (Phi) is 4.68. The summed E-state index contributed by atoms with van der Waals surface area (Å²) in [4.78, 5) is 25.1. The molecule has 6 heteroatoms. The van der Waals surface area contributed by atoms with E-state index in [0.717, 1.165) is 5.56 Å². The molecule has 1 aliphatic heterocycles. The average Bonchev–Trinajstić information content (AvgIpc) is 2.45. The van der Waals surface area contributed by atoms with Crippen LogP contribution in [0.1, 0.15) is 45.2 Å². The molecule has 1 amide bonds. The van der Waals surface area contributed by atoms with Gasteiger partial charge in [-0.05, 0) is 32.8 Å². The van der Waals surface area contributed by atoms with Crippen LogP contribution in [0.25, 0.3) is 0 Å². The second kappa shape index (κ2) is 6.34. The van der Waals surface area contributed by atoms with Gasteiger partial charge < -0.3 is 4.74 Å². The summed E-state index contributed by atoms with van der Waals surface area (Å²) >= 11 is 0. The molecule has 120 valence electrons. The fourth-order valence-corrected chi connectivity index (χ4v) is 2.77. The maximum absolute atomic E-state index is 12.4. The van der Waals surface area contributed by atoms with Gasteiger partial charge in [-0.15, -0.1) is 0 Å². The summed E-state index contributed by atoms with van der Waals surface area (Å²) in [6.45, 7) is 5.84. The van der Waals surface area contributed by atoms with Crippen LogP contribution in [-0.2, 0) is 4.74 Å². The highest BCUT2D eigenvalue weighted by atomic mass is 16.6. The third kappa shape index (κ3) is 3.75. The Morgan fingerprint density at radius 3 is 2.50 bits per heavy atom. The van der Waals surface area contributed by atoms with E-state index in [2.05, 4.69) is 0 Å². The minimum absolute atomic E-state index is 0.284. The number of likely N-dealkylation sites (tertiary alicyclic amines) is 1. The van der Waals surface area contributed by atoms with E-state index >= 15 is 0 Å². The first kappa shape index (κ1) is 16.3. The van der Waals surface area contributed by atoms with Gasteiger partial charge in [-0.3, -0.25) is 15.0 Å². The molecule has 0 radical (unpaired) electrons. The first-order chi connectivity index (χ1) is 10.3. The third-order valence-corrected chi connectivity index (χ3v) is 3.64. The molecule has 6 nitrogen and oxygen atoms in total. The topological polar surface area (TPSA) is 72.7 Å². The number of nitrogens with zero attached hydrogens (tertiary/aromatic N) is 2. The summed E-state index contributed by atoms with van der Waals surface area (Å²) in [6, 6.07) is 7.77. The maximum atomic E-state index is 12.4. The SMILES string of the molecule is CC(C)(C)OC(=O)N1CCC[C@H]([N+](=O)[O-])[C@H]1c1ccccc1. The largest absolute Gasteiger partial charge is 0.444 e. The molecule has 0 aliphatic carbocycles. The predicted molar refractivity (Wildman–Crippen MR) is 82.1 cm³/mol. The van der Waals surface area contributed by atoms with Gasteiger partial charge in [-0.2, -0.15) is 0 Å². The van der Waals surface area contributed by atoms with Crippen molar-refractivity contribution >= 4 is 6.09 Å². The van der Waals surface area contributed by atoms with Crippen molar-refractivity contribution in [3.63, 3.8) is 0 Å². The Morgan fingerprint density at radius 1 is 1.32 bits per heavy atom. The monoisotopic (exact) mass is 306 g/mol. The summed E-state index contributed by atoms with van der Waals surface area (Å²) in [5, 5.41) is 11.4. The van der Waals surface area contributed by atoms with Crippen LogP contribution in [0.4, 0.5) is 4.79 Å². The average molecular weight is 306 g/mol. The van der Waals surface area contributed by atoms with Crippen molar-refractivity contribution in [1.82, 2.24) is 4.90 Å². The number of piperidine rings is 1. The quantitative estimate of drug-likeness (QED) is 0.620. The van der Waals surface area contributed by atoms with E-state index in [1.807, 2.05) is 30.3 Å². The molecule has 2 rings (SSSR count). The van der Waals surface area contributed by atoms with Crippen LogP contribution in [0.15, 0.2) is 30.3 Å².